The lowest BCUT2D eigenvalue weighted by Crippen LogP contribution is -2.19. The van der Waals surface area contributed by atoms with Crippen LogP contribution < -0.4 is 4.90 Å². The zero-order valence-corrected chi connectivity index (χ0v) is 15.8. The van der Waals surface area contributed by atoms with Gasteiger partial charge in [0.1, 0.15) is 0 Å². The summed E-state index contributed by atoms with van der Waals surface area (Å²) in [6, 6.07) is 7.72. The van der Waals surface area contributed by atoms with Crippen LogP contribution in [0.3, 0.4) is 0 Å². The molecule has 1 aliphatic heterocycles. The van der Waals surface area contributed by atoms with Crippen molar-refractivity contribution < 1.29 is 0 Å². The molecule has 4 aromatic rings. The van der Waals surface area contributed by atoms with Gasteiger partial charge in [-0.3, -0.25) is 4.68 Å². The van der Waals surface area contributed by atoms with E-state index in [1.54, 1.807) is 11.3 Å². The van der Waals surface area contributed by atoms with Crippen molar-refractivity contribution in [2.75, 3.05) is 18.0 Å². The van der Waals surface area contributed by atoms with Crippen molar-refractivity contribution >= 4 is 33.0 Å². The van der Waals surface area contributed by atoms with Gasteiger partial charge in [-0.1, -0.05) is 35.1 Å². The van der Waals surface area contributed by atoms with Gasteiger partial charge in [-0.25, -0.2) is 9.50 Å². The molecule has 0 bridgehead atoms. The number of fused-ring (bicyclic) bond motifs is 1. The first-order chi connectivity index (χ1) is 12.7. The lowest BCUT2D eigenvalue weighted by molar-refractivity contribution is 0.754. The number of rotatable bonds is 3. The van der Waals surface area contributed by atoms with Crippen LogP contribution >= 0.6 is 22.9 Å². The van der Waals surface area contributed by atoms with E-state index in [1.807, 2.05) is 52.9 Å². The van der Waals surface area contributed by atoms with Crippen molar-refractivity contribution in [1.82, 2.24) is 24.4 Å². The molecular formula is C18H17ClN6S. The van der Waals surface area contributed by atoms with Crippen molar-refractivity contribution in [3.63, 3.8) is 0 Å². The quantitative estimate of drug-likeness (QED) is 0.538. The highest BCUT2D eigenvalue weighted by Gasteiger charge is 2.27. The number of hydrogen-bond donors (Lipinski definition) is 0. The van der Waals surface area contributed by atoms with Crippen LogP contribution in [0.2, 0.25) is 5.02 Å². The topological polar surface area (TPSA) is 51.2 Å². The molecule has 8 heteroatoms. The van der Waals surface area contributed by atoms with Crippen molar-refractivity contribution in [2.24, 2.45) is 7.05 Å². The van der Waals surface area contributed by atoms with Crippen molar-refractivity contribution in [2.45, 2.75) is 12.3 Å². The van der Waals surface area contributed by atoms with Crippen molar-refractivity contribution in [1.29, 1.82) is 0 Å². The molecule has 0 amide bonds. The molecule has 1 fully saturated rings. The van der Waals surface area contributed by atoms with Crippen LogP contribution in [-0.2, 0) is 7.05 Å². The van der Waals surface area contributed by atoms with Crippen LogP contribution in [0.5, 0.6) is 0 Å². The second-order valence-corrected chi connectivity index (χ2v) is 7.99. The fourth-order valence-corrected chi connectivity index (χ4v) is 4.48. The summed E-state index contributed by atoms with van der Waals surface area (Å²) >= 11 is 7.60. The van der Waals surface area contributed by atoms with Gasteiger partial charge in [0.2, 0.25) is 10.1 Å². The van der Waals surface area contributed by atoms with Crippen LogP contribution in [0.25, 0.3) is 16.2 Å². The highest BCUT2D eigenvalue weighted by molar-refractivity contribution is 7.20. The number of nitrogens with zero attached hydrogens (tertiary/aromatic N) is 6. The normalized spacial score (nSPS) is 17.5. The Bertz CT molecular complexity index is 1030. The maximum Gasteiger partial charge on any atom is 0.214 e. The maximum absolute atomic E-state index is 5.96. The molecular weight excluding hydrogens is 368 g/mol. The number of imidazole rings is 1. The molecule has 1 unspecified atom stereocenters. The van der Waals surface area contributed by atoms with Gasteiger partial charge < -0.3 is 4.90 Å². The molecule has 4 heterocycles. The highest BCUT2D eigenvalue weighted by atomic mass is 35.5. The summed E-state index contributed by atoms with van der Waals surface area (Å²) in [5.74, 6) is 0.518. The van der Waals surface area contributed by atoms with E-state index in [0.717, 1.165) is 45.9 Å². The third kappa shape index (κ3) is 2.77. The zero-order valence-electron chi connectivity index (χ0n) is 14.2. The fourth-order valence-electron chi connectivity index (χ4n) is 3.43. The fraction of sp³-hybridized carbons (Fsp3) is 0.278. The highest BCUT2D eigenvalue weighted by Crippen LogP contribution is 2.33. The first-order valence-electron chi connectivity index (χ1n) is 8.51. The zero-order chi connectivity index (χ0) is 17.7. The molecule has 0 spiro atoms. The van der Waals surface area contributed by atoms with E-state index in [0.29, 0.717) is 5.92 Å². The summed E-state index contributed by atoms with van der Waals surface area (Å²) in [6.07, 6.45) is 7.19. The van der Waals surface area contributed by atoms with Gasteiger partial charge in [0.05, 0.1) is 18.1 Å². The Hall–Kier alpha value is -2.38. The Morgan fingerprint density at radius 3 is 2.77 bits per heavy atom. The van der Waals surface area contributed by atoms with Gasteiger partial charge in [0.25, 0.3) is 0 Å². The Kier molecular flexibility index (Phi) is 3.72. The molecule has 1 aliphatic rings. The molecule has 0 aliphatic carbocycles. The predicted molar refractivity (Wildman–Crippen MR) is 104 cm³/mol. The Labute approximate surface area is 159 Å². The Morgan fingerprint density at radius 1 is 1.19 bits per heavy atom. The Morgan fingerprint density at radius 2 is 2.04 bits per heavy atom. The summed E-state index contributed by atoms with van der Waals surface area (Å²) < 4.78 is 3.75. The molecule has 5 rings (SSSR count). The number of anilines is 1. The molecule has 132 valence electrons. The molecule has 1 saturated heterocycles. The Balaban J connectivity index is 1.37. The molecule has 0 radical (unpaired) electrons. The third-order valence-electron chi connectivity index (χ3n) is 4.83. The molecule has 0 N–H and O–H groups in total. The number of benzene rings is 1. The van der Waals surface area contributed by atoms with E-state index in [1.165, 1.54) is 5.56 Å². The van der Waals surface area contributed by atoms with Crippen LogP contribution in [0, 0.1) is 0 Å². The van der Waals surface area contributed by atoms with Gasteiger partial charge in [-0.15, -0.1) is 5.10 Å². The number of halogens is 1. The van der Waals surface area contributed by atoms with E-state index in [2.05, 4.69) is 16.2 Å². The number of hydrogen-bond acceptors (Lipinski definition) is 5. The summed E-state index contributed by atoms with van der Waals surface area (Å²) in [5, 5.41) is 10.8. The minimum absolute atomic E-state index is 0.518. The predicted octanol–water partition coefficient (Wildman–Crippen LogP) is 3.84. The largest absolute Gasteiger partial charge is 0.346 e. The van der Waals surface area contributed by atoms with Crippen LogP contribution in [0.15, 0.2) is 42.9 Å². The van der Waals surface area contributed by atoms with Crippen LogP contribution in [0.4, 0.5) is 5.13 Å². The summed E-state index contributed by atoms with van der Waals surface area (Å²) in [6.45, 7) is 1.99. The lowest BCUT2D eigenvalue weighted by Gasteiger charge is -2.13. The van der Waals surface area contributed by atoms with E-state index >= 15 is 0 Å². The van der Waals surface area contributed by atoms with Gasteiger partial charge >= 0.3 is 0 Å². The summed E-state index contributed by atoms with van der Waals surface area (Å²) in [7, 11) is 1.96. The van der Waals surface area contributed by atoms with E-state index in [4.69, 9.17) is 21.7 Å². The van der Waals surface area contributed by atoms with E-state index in [9.17, 15) is 0 Å². The van der Waals surface area contributed by atoms with E-state index in [-0.39, 0.29) is 0 Å². The molecule has 1 aromatic carbocycles. The molecule has 0 saturated carbocycles. The van der Waals surface area contributed by atoms with Crippen LogP contribution in [-0.4, -0.2) is 37.5 Å². The maximum atomic E-state index is 5.96. The van der Waals surface area contributed by atoms with Gasteiger partial charge in [0, 0.05) is 42.8 Å². The molecule has 3 aromatic heterocycles. The first kappa shape index (κ1) is 15.8. The number of aryl methyl sites for hydroxylation is 1. The van der Waals surface area contributed by atoms with Crippen molar-refractivity contribution in [3.8, 4) is 11.3 Å². The molecule has 1 atom stereocenters. The molecule has 6 nitrogen and oxygen atoms in total. The van der Waals surface area contributed by atoms with E-state index < -0.39 is 0 Å². The first-order valence-corrected chi connectivity index (χ1v) is 9.71. The second kappa shape index (κ2) is 6.10. The summed E-state index contributed by atoms with van der Waals surface area (Å²) in [5.41, 5.74) is 3.27. The monoisotopic (exact) mass is 384 g/mol. The van der Waals surface area contributed by atoms with Gasteiger partial charge in [-0.2, -0.15) is 5.10 Å². The van der Waals surface area contributed by atoms with Gasteiger partial charge in [0.15, 0.2) is 0 Å². The van der Waals surface area contributed by atoms with Gasteiger partial charge in [-0.05, 0) is 24.1 Å². The average Bonchev–Trinajstić information content (AvgIpc) is 3.37. The lowest BCUT2D eigenvalue weighted by atomic mass is 10.0. The number of aromatic nitrogens is 5. The molecule has 26 heavy (non-hydrogen) atoms. The second-order valence-electron chi connectivity index (χ2n) is 6.62. The minimum atomic E-state index is 0.518. The van der Waals surface area contributed by atoms with Crippen molar-refractivity contribution in [3.05, 3.63) is 53.4 Å². The third-order valence-corrected chi connectivity index (χ3v) is 6.06. The standard InChI is InChI=1S/C18H17ClN6S/c1-23-9-14(8-20-23)13-6-7-24(10-13)18-22-25-11-16(21-17(25)26-18)12-2-4-15(19)5-3-12/h2-5,8-9,11,13H,6-7,10H2,1H3. The van der Waals surface area contributed by atoms with Crippen LogP contribution in [0.1, 0.15) is 17.9 Å². The average molecular weight is 385 g/mol. The summed E-state index contributed by atoms with van der Waals surface area (Å²) in [4.78, 5) is 7.98. The smallest absolute Gasteiger partial charge is 0.214 e. The minimum Gasteiger partial charge on any atom is -0.346 e. The SMILES string of the molecule is Cn1cc(C2CCN(c3nn4cc(-c5ccc(Cl)cc5)nc4s3)C2)cn1.